The Morgan fingerprint density at radius 2 is 1.50 bits per heavy atom. The summed E-state index contributed by atoms with van der Waals surface area (Å²) in [4.78, 5) is 25.3. The lowest BCUT2D eigenvalue weighted by atomic mass is 9.85. The molecule has 1 fully saturated rings. The van der Waals surface area contributed by atoms with Gasteiger partial charge in [0.15, 0.2) is 0 Å². The maximum absolute atomic E-state index is 13.0. The van der Waals surface area contributed by atoms with E-state index in [0.29, 0.717) is 11.3 Å². The first-order chi connectivity index (χ1) is 17.6. The van der Waals surface area contributed by atoms with Crippen LogP contribution in [-0.2, 0) is 10.2 Å². The Labute approximate surface area is 218 Å². The molecule has 0 heterocycles. The highest BCUT2D eigenvalue weighted by molar-refractivity contribution is 9.10. The summed E-state index contributed by atoms with van der Waals surface area (Å²) in [7, 11) is 0. The summed E-state index contributed by atoms with van der Waals surface area (Å²) in [6.07, 6.45) is 2.31. The number of hydrogen-bond acceptors (Lipinski definition) is 4. The van der Waals surface area contributed by atoms with Gasteiger partial charge in [-0.25, -0.2) is 10.2 Å². The summed E-state index contributed by atoms with van der Waals surface area (Å²) in [5.41, 5.74) is 5.86. The molecule has 0 saturated heterocycles. The van der Waals surface area contributed by atoms with E-state index in [0.717, 1.165) is 27.6 Å². The van der Waals surface area contributed by atoms with Crippen LogP contribution in [0.4, 0.5) is 0 Å². The van der Waals surface area contributed by atoms with Gasteiger partial charge in [0.05, 0.1) is 17.7 Å². The first kappa shape index (κ1) is 23.7. The number of carbonyl (C=O) groups excluding carboxylic acids is 2. The molecule has 0 aromatic heterocycles. The van der Waals surface area contributed by atoms with Gasteiger partial charge in [-0.05, 0) is 65.6 Å². The van der Waals surface area contributed by atoms with Gasteiger partial charge < -0.3 is 4.74 Å². The molecule has 0 radical (unpaired) electrons. The Hall–Kier alpha value is -4.03. The molecular formula is C30H23BrN2O3. The molecule has 0 aliphatic heterocycles. The van der Waals surface area contributed by atoms with E-state index in [2.05, 4.69) is 50.7 Å². The fourth-order valence-corrected chi connectivity index (χ4v) is 4.91. The van der Waals surface area contributed by atoms with E-state index >= 15 is 0 Å². The van der Waals surface area contributed by atoms with Crippen LogP contribution in [0.2, 0.25) is 0 Å². The maximum atomic E-state index is 13.0. The topological polar surface area (TPSA) is 67.8 Å². The molecule has 36 heavy (non-hydrogen) atoms. The summed E-state index contributed by atoms with van der Waals surface area (Å²) >= 11 is 3.35. The Kier molecular flexibility index (Phi) is 6.78. The quantitative estimate of drug-likeness (QED) is 0.133. The molecule has 1 atom stereocenters. The Morgan fingerprint density at radius 3 is 2.11 bits per heavy atom. The van der Waals surface area contributed by atoms with Crippen LogP contribution in [0.15, 0.2) is 119 Å². The van der Waals surface area contributed by atoms with Crippen LogP contribution >= 0.6 is 15.9 Å². The summed E-state index contributed by atoms with van der Waals surface area (Å²) in [6, 6.07) is 34.2. The highest BCUT2D eigenvalue weighted by atomic mass is 79.9. The number of rotatable bonds is 7. The van der Waals surface area contributed by atoms with Gasteiger partial charge >= 0.3 is 5.97 Å². The number of halogens is 1. The van der Waals surface area contributed by atoms with E-state index in [9.17, 15) is 9.59 Å². The number of ether oxygens (including phenoxy) is 1. The van der Waals surface area contributed by atoms with Crippen LogP contribution in [0.1, 0.15) is 33.5 Å². The van der Waals surface area contributed by atoms with Crippen molar-refractivity contribution in [2.75, 3.05) is 0 Å². The van der Waals surface area contributed by atoms with E-state index < -0.39 is 5.97 Å². The standard InChI is InChI=1S/C30H23BrN2O3/c31-25-13-7-8-22(18-25)29(35)36-26-16-14-21(15-17-26)20-32-33-28(34)27-19-30(27,23-9-3-1-4-10-23)24-11-5-2-6-12-24/h1-18,20,27H,19H2,(H,33,34). The van der Waals surface area contributed by atoms with E-state index in [4.69, 9.17) is 4.74 Å². The van der Waals surface area contributed by atoms with Crippen molar-refractivity contribution in [1.82, 2.24) is 5.43 Å². The third kappa shape index (κ3) is 4.99. The summed E-state index contributed by atoms with van der Waals surface area (Å²) in [5, 5.41) is 4.17. The van der Waals surface area contributed by atoms with Crippen molar-refractivity contribution in [1.29, 1.82) is 0 Å². The molecule has 0 bridgehead atoms. The molecule has 5 rings (SSSR count). The zero-order valence-corrected chi connectivity index (χ0v) is 20.9. The average molecular weight is 539 g/mol. The maximum Gasteiger partial charge on any atom is 0.343 e. The minimum Gasteiger partial charge on any atom is -0.423 e. The number of hydrazone groups is 1. The molecule has 1 N–H and O–H groups in total. The van der Waals surface area contributed by atoms with Crippen LogP contribution in [0.5, 0.6) is 5.75 Å². The van der Waals surface area contributed by atoms with E-state index in [1.165, 1.54) is 0 Å². The van der Waals surface area contributed by atoms with Gasteiger partial charge in [-0.2, -0.15) is 5.10 Å². The smallest absolute Gasteiger partial charge is 0.343 e. The molecule has 0 spiro atoms. The van der Waals surface area contributed by atoms with Gasteiger partial charge in [0, 0.05) is 9.89 Å². The second-order valence-corrected chi connectivity index (χ2v) is 9.58. The zero-order chi connectivity index (χ0) is 25.0. The lowest BCUT2D eigenvalue weighted by Crippen LogP contribution is -2.25. The van der Waals surface area contributed by atoms with Crippen LogP contribution < -0.4 is 10.2 Å². The van der Waals surface area contributed by atoms with Crippen LogP contribution in [0, 0.1) is 5.92 Å². The lowest BCUT2D eigenvalue weighted by molar-refractivity contribution is -0.122. The van der Waals surface area contributed by atoms with Crippen LogP contribution in [0.3, 0.4) is 0 Å². The number of esters is 1. The second-order valence-electron chi connectivity index (χ2n) is 8.66. The Morgan fingerprint density at radius 1 is 0.861 bits per heavy atom. The minimum atomic E-state index is -0.435. The molecule has 1 amide bonds. The highest BCUT2D eigenvalue weighted by Crippen LogP contribution is 2.58. The first-order valence-corrected chi connectivity index (χ1v) is 12.4. The first-order valence-electron chi connectivity index (χ1n) is 11.6. The number of nitrogens with one attached hydrogen (secondary N) is 1. The van der Waals surface area contributed by atoms with Crippen molar-refractivity contribution in [2.24, 2.45) is 11.0 Å². The molecule has 6 heteroatoms. The third-order valence-corrected chi connectivity index (χ3v) is 6.89. The number of benzene rings is 4. The molecule has 4 aromatic rings. The fourth-order valence-electron chi connectivity index (χ4n) is 4.51. The van der Waals surface area contributed by atoms with Crippen LogP contribution in [0.25, 0.3) is 0 Å². The summed E-state index contributed by atoms with van der Waals surface area (Å²) < 4.78 is 6.23. The van der Waals surface area contributed by atoms with Crippen molar-refractivity contribution in [2.45, 2.75) is 11.8 Å². The molecule has 1 aliphatic rings. The van der Waals surface area contributed by atoms with Crippen molar-refractivity contribution in [3.05, 3.63) is 136 Å². The zero-order valence-electron chi connectivity index (χ0n) is 19.3. The SMILES string of the molecule is O=C(Oc1ccc(C=NNC(=O)C2CC2(c2ccccc2)c2ccccc2)cc1)c1cccc(Br)c1. The Balaban J connectivity index is 1.22. The minimum absolute atomic E-state index is 0.112. The van der Waals surface area contributed by atoms with Crippen molar-refractivity contribution < 1.29 is 14.3 Å². The highest BCUT2D eigenvalue weighted by Gasteiger charge is 2.60. The van der Waals surface area contributed by atoms with Gasteiger partial charge in [0.25, 0.3) is 0 Å². The van der Waals surface area contributed by atoms with Crippen molar-refractivity contribution in [3.63, 3.8) is 0 Å². The molecule has 1 unspecified atom stereocenters. The van der Waals surface area contributed by atoms with Gasteiger partial charge in [0.2, 0.25) is 5.91 Å². The second kappa shape index (κ2) is 10.3. The largest absolute Gasteiger partial charge is 0.423 e. The van der Waals surface area contributed by atoms with Gasteiger partial charge in [-0.15, -0.1) is 0 Å². The van der Waals surface area contributed by atoms with Crippen molar-refractivity contribution in [3.8, 4) is 5.75 Å². The van der Waals surface area contributed by atoms with Gasteiger partial charge in [0.1, 0.15) is 5.75 Å². The van der Waals surface area contributed by atoms with E-state index in [1.54, 1.807) is 48.7 Å². The predicted molar refractivity (Wildman–Crippen MR) is 143 cm³/mol. The number of amides is 1. The number of carbonyl (C=O) groups is 2. The average Bonchev–Trinajstić information content (AvgIpc) is 3.68. The Bertz CT molecular complexity index is 1360. The van der Waals surface area contributed by atoms with Crippen molar-refractivity contribution >= 4 is 34.0 Å². The fraction of sp³-hybridized carbons (Fsp3) is 0.100. The normalized spacial score (nSPS) is 15.9. The predicted octanol–water partition coefficient (Wildman–Crippen LogP) is 6.12. The van der Waals surface area contributed by atoms with Gasteiger partial charge in [-0.3, -0.25) is 4.79 Å². The van der Waals surface area contributed by atoms with Crippen LogP contribution in [-0.4, -0.2) is 18.1 Å². The summed E-state index contributed by atoms with van der Waals surface area (Å²) in [6.45, 7) is 0. The summed E-state index contributed by atoms with van der Waals surface area (Å²) in [5.74, 6) is -0.317. The molecule has 5 nitrogen and oxygen atoms in total. The number of nitrogens with zero attached hydrogens (tertiary/aromatic N) is 1. The third-order valence-electron chi connectivity index (χ3n) is 6.39. The molecule has 4 aromatic carbocycles. The monoisotopic (exact) mass is 538 g/mol. The van der Waals surface area contributed by atoms with E-state index in [1.807, 2.05) is 42.5 Å². The van der Waals surface area contributed by atoms with E-state index in [-0.39, 0.29) is 17.2 Å². The lowest BCUT2D eigenvalue weighted by Gasteiger charge is -2.18. The molecular weight excluding hydrogens is 516 g/mol. The molecule has 1 saturated carbocycles. The van der Waals surface area contributed by atoms with Gasteiger partial charge in [-0.1, -0.05) is 82.7 Å². The molecule has 1 aliphatic carbocycles. The number of hydrogen-bond donors (Lipinski definition) is 1. The molecule has 178 valence electrons.